The van der Waals surface area contributed by atoms with E-state index < -0.39 is 0 Å². The predicted molar refractivity (Wildman–Crippen MR) is 104 cm³/mol. The summed E-state index contributed by atoms with van der Waals surface area (Å²) in [7, 11) is 4.69. The molecule has 1 aliphatic rings. The molecule has 7 nitrogen and oxygen atoms in total. The maximum atomic E-state index is 12.5. The number of nitrogens with one attached hydrogen (secondary N) is 2. The smallest absolute Gasteiger partial charge is 0.271 e. The van der Waals surface area contributed by atoms with Gasteiger partial charge in [0.2, 0.25) is 5.75 Å². The standard InChI is InChI=1S/C19H25N3O4S/c1-24-15-8-12(9-16(25-2)17(15)26-3)10-21-18(23)14-11-27-19(22-14)13-4-6-20-7-5-13/h8-9,11,13,20H,4-7,10H2,1-3H3,(H,21,23). The first-order valence-corrected chi connectivity index (χ1v) is 9.77. The zero-order valence-corrected chi connectivity index (χ0v) is 16.6. The second-order valence-electron chi connectivity index (χ2n) is 6.31. The fraction of sp³-hybridized carbons (Fsp3) is 0.474. The molecule has 0 spiro atoms. The van der Waals surface area contributed by atoms with E-state index in [-0.39, 0.29) is 5.91 Å². The van der Waals surface area contributed by atoms with Gasteiger partial charge in [0.05, 0.1) is 26.3 Å². The van der Waals surface area contributed by atoms with Crippen LogP contribution in [0.15, 0.2) is 17.5 Å². The molecule has 3 rings (SSSR count). The first kappa shape index (κ1) is 19.4. The molecule has 2 aromatic rings. The van der Waals surface area contributed by atoms with Gasteiger partial charge in [-0.3, -0.25) is 4.79 Å². The van der Waals surface area contributed by atoms with Crippen LogP contribution in [-0.4, -0.2) is 45.3 Å². The van der Waals surface area contributed by atoms with Crippen molar-refractivity contribution in [3.63, 3.8) is 0 Å². The van der Waals surface area contributed by atoms with E-state index in [1.165, 1.54) is 0 Å². The third kappa shape index (κ3) is 4.51. The van der Waals surface area contributed by atoms with E-state index in [0.29, 0.717) is 35.4 Å². The van der Waals surface area contributed by atoms with E-state index in [0.717, 1.165) is 36.5 Å². The minimum Gasteiger partial charge on any atom is -0.493 e. The molecule has 2 heterocycles. The van der Waals surface area contributed by atoms with Crippen LogP contribution in [0.1, 0.15) is 39.8 Å². The molecule has 1 aliphatic heterocycles. The lowest BCUT2D eigenvalue weighted by Gasteiger charge is -2.20. The number of aromatic nitrogens is 1. The third-order valence-electron chi connectivity index (χ3n) is 4.62. The Balaban J connectivity index is 1.66. The molecule has 27 heavy (non-hydrogen) atoms. The van der Waals surface area contributed by atoms with Crippen LogP contribution in [0.4, 0.5) is 0 Å². The van der Waals surface area contributed by atoms with Gasteiger partial charge in [0, 0.05) is 17.8 Å². The van der Waals surface area contributed by atoms with Gasteiger partial charge in [-0.2, -0.15) is 0 Å². The number of thiazole rings is 1. The molecule has 0 unspecified atom stereocenters. The highest BCUT2D eigenvalue weighted by Crippen LogP contribution is 2.38. The number of nitrogens with zero attached hydrogens (tertiary/aromatic N) is 1. The van der Waals surface area contributed by atoms with Crippen molar-refractivity contribution < 1.29 is 19.0 Å². The van der Waals surface area contributed by atoms with Crippen molar-refractivity contribution in [1.82, 2.24) is 15.6 Å². The van der Waals surface area contributed by atoms with Crippen molar-refractivity contribution in [1.29, 1.82) is 0 Å². The summed E-state index contributed by atoms with van der Waals surface area (Å²) >= 11 is 1.57. The van der Waals surface area contributed by atoms with Gasteiger partial charge < -0.3 is 24.8 Å². The Morgan fingerprint density at radius 2 is 1.85 bits per heavy atom. The van der Waals surface area contributed by atoms with Crippen molar-refractivity contribution in [2.45, 2.75) is 25.3 Å². The van der Waals surface area contributed by atoms with Crippen LogP contribution in [0, 0.1) is 0 Å². The fourth-order valence-corrected chi connectivity index (χ4v) is 4.13. The van der Waals surface area contributed by atoms with Gasteiger partial charge in [-0.1, -0.05) is 0 Å². The number of carbonyl (C=O) groups excluding carboxylic acids is 1. The second kappa shape index (κ2) is 9.05. The SMILES string of the molecule is COc1cc(CNC(=O)c2csc(C3CCNCC3)n2)cc(OC)c1OC. The number of amides is 1. The van der Waals surface area contributed by atoms with Gasteiger partial charge in [0.25, 0.3) is 5.91 Å². The van der Waals surface area contributed by atoms with Crippen molar-refractivity contribution in [2.24, 2.45) is 0 Å². The molecule has 1 saturated heterocycles. The van der Waals surface area contributed by atoms with Crippen LogP contribution in [0.25, 0.3) is 0 Å². The van der Waals surface area contributed by atoms with Crippen LogP contribution < -0.4 is 24.8 Å². The van der Waals surface area contributed by atoms with E-state index in [9.17, 15) is 4.79 Å². The first-order chi connectivity index (χ1) is 13.2. The molecular weight excluding hydrogens is 366 g/mol. The number of hydrogen-bond donors (Lipinski definition) is 2. The van der Waals surface area contributed by atoms with Crippen LogP contribution in [0.2, 0.25) is 0 Å². The second-order valence-corrected chi connectivity index (χ2v) is 7.20. The lowest BCUT2D eigenvalue weighted by molar-refractivity contribution is 0.0946. The molecule has 146 valence electrons. The summed E-state index contributed by atoms with van der Waals surface area (Å²) in [6.07, 6.45) is 2.14. The van der Waals surface area contributed by atoms with E-state index in [1.807, 2.05) is 17.5 Å². The summed E-state index contributed by atoms with van der Waals surface area (Å²) in [4.78, 5) is 17.0. The van der Waals surface area contributed by atoms with Crippen molar-refractivity contribution in [3.8, 4) is 17.2 Å². The van der Waals surface area contributed by atoms with Crippen LogP contribution >= 0.6 is 11.3 Å². The highest BCUT2D eigenvalue weighted by molar-refractivity contribution is 7.09. The Bertz CT molecular complexity index is 762. The summed E-state index contributed by atoms with van der Waals surface area (Å²) in [6.45, 7) is 2.36. The monoisotopic (exact) mass is 391 g/mol. The quantitative estimate of drug-likeness (QED) is 0.755. The predicted octanol–water partition coefficient (Wildman–Crippen LogP) is 2.57. The highest BCUT2D eigenvalue weighted by Gasteiger charge is 2.20. The molecule has 1 aromatic carbocycles. The number of hydrogen-bond acceptors (Lipinski definition) is 7. The van der Waals surface area contributed by atoms with Crippen molar-refractivity contribution in [2.75, 3.05) is 34.4 Å². The van der Waals surface area contributed by atoms with Crippen LogP contribution in [-0.2, 0) is 6.54 Å². The number of carbonyl (C=O) groups is 1. The van der Waals surface area contributed by atoms with Gasteiger partial charge in [-0.15, -0.1) is 11.3 Å². The number of piperidine rings is 1. The summed E-state index contributed by atoms with van der Waals surface area (Å²) in [6, 6.07) is 3.65. The molecule has 0 bridgehead atoms. The molecule has 1 fully saturated rings. The third-order valence-corrected chi connectivity index (χ3v) is 5.63. The Morgan fingerprint density at radius 1 is 1.19 bits per heavy atom. The van der Waals surface area contributed by atoms with Gasteiger partial charge in [0.15, 0.2) is 11.5 Å². The Labute approximate surface area is 163 Å². The maximum Gasteiger partial charge on any atom is 0.271 e. The lowest BCUT2D eigenvalue weighted by atomic mass is 9.99. The molecular formula is C19H25N3O4S. The highest BCUT2D eigenvalue weighted by atomic mass is 32.1. The molecule has 0 atom stereocenters. The Morgan fingerprint density at radius 3 is 2.44 bits per heavy atom. The zero-order chi connectivity index (χ0) is 19.2. The van der Waals surface area contributed by atoms with Crippen LogP contribution in [0.5, 0.6) is 17.2 Å². The zero-order valence-electron chi connectivity index (χ0n) is 15.8. The van der Waals surface area contributed by atoms with Crippen molar-refractivity contribution >= 4 is 17.2 Å². The number of methoxy groups -OCH3 is 3. The average molecular weight is 391 g/mol. The maximum absolute atomic E-state index is 12.5. The fourth-order valence-electron chi connectivity index (χ4n) is 3.16. The van der Waals surface area contributed by atoms with Crippen molar-refractivity contribution in [3.05, 3.63) is 33.8 Å². The number of benzene rings is 1. The summed E-state index contributed by atoms with van der Waals surface area (Å²) < 4.78 is 16.0. The lowest BCUT2D eigenvalue weighted by Crippen LogP contribution is -2.27. The van der Waals surface area contributed by atoms with E-state index >= 15 is 0 Å². The molecule has 0 aliphatic carbocycles. The minimum atomic E-state index is -0.180. The van der Waals surface area contributed by atoms with Crippen LogP contribution in [0.3, 0.4) is 0 Å². The molecule has 1 amide bonds. The number of rotatable bonds is 7. The van der Waals surface area contributed by atoms with E-state index in [2.05, 4.69) is 15.6 Å². The Hall–Kier alpha value is -2.32. The topological polar surface area (TPSA) is 81.7 Å². The van der Waals surface area contributed by atoms with Gasteiger partial charge in [0.1, 0.15) is 5.69 Å². The summed E-state index contributed by atoms with van der Waals surface area (Å²) in [5.74, 6) is 1.92. The molecule has 2 N–H and O–H groups in total. The minimum absolute atomic E-state index is 0.180. The summed E-state index contributed by atoms with van der Waals surface area (Å²) in [5.41, 5.74) is 1.33. The normalized spacial score (nSPS) is 14.6. The molecule has 0 radical (unpaired) electrons. The van der Waals surface area contributed by atoms with E-state index in [1.54, 1.807) is 32.7 Å². The number of ether oxygens (including phenoxy) is 3. The van der Waals surface area contributed by atoms with Gasteiger partial charge >= 0.3 is 0 Å². The summed E-state index contributed by atoms with van der Waals surface area (Å²) in [5, 5.41) is 9.15. The first-order valence-electron chi connectivity index (χ1n) is 8.89. The molecule has 1 aromatic heterocycles. The average Bonchev–Trinajstić information content (AvgIpc) is 3.22. The largest absolute Gasteiger partial charge is 0.493 e. The molecule has 8 heteroatoms. The van der Waals surface area contributed by atoms with E-state index in [4.69, 9.17) is 14.2 Å². The molecule has 0 saturated carbocycles. The Kier molecular flexibility index (Phi) is 6.52. The van der Waals surface area contributed by atoms with Gasteiger partial charge in [-0.05, 0) is 43.6 Å². The van der Waals surface area contributed by atoms with Gasteiger partial charge in [-0.25, -0.2) is 4.98 Å².